The Hall–Kier alpha value is -0.990. The first-order valence-electron chi connectivity index (χ1n) is 4.05. The average Bonchev–Trinajstić information content (AvgIpc) is 2.67. The topological polar surface area (TPSA) is 26.0 Å². The molecule has 0 N–H and O–H groups in total. The van der Waals surface area contributed by atoms with Gasteiger partial charge in [-0.25, -0.2) is 0 Å². The number of hydrogen-bond donors (Lipinski definition) is 0. The van der Waals surface area contributed by atoms with Crippen molar-refractivity contribution in [2.75, 3.05) is 0 Å². The van der Waals surface area contributed by atoms with E-state index in [-0.39, 0.29) is 0 Å². The van der Waals surface area contributed by atoms with E-state index in [1.165, 1.54) is 6.26 Å². The largest absolute Gasteiger partial charge is 0.364 e. The molecule has 0 radical (unpaired) electrons. The Morgan fingerprint density at radius 3 is 2.64 bits per heavy atom. The maximum atomic E-state index is 6.12. The maximum absolute atomic E-state index is 6.12. The predicted octanol–water partition coefficient (Wildman–Crippen LogP) is 3.96. The van der Waals surface area contributed by atoms with Crippen molar-refractivity contribution < 1.29 is 4.52 Å². The number of hydrogen-bond acceptors (Lipinski definition) is 2. The molecular formula is C10H7Cl2NO. The molecule has 0 saturated carbocycles. The van der Waals surface area contributed by atoms with E-state index in [2.05, 4.69) is 5.16 Å². The lowest BCUT2D eigenvalue weighted by atomic mass is 10.1. The average molecular weight is 228 g/mol. The second kappa shape index (κ2) is 3.64. The second-order valence-electron chi connectivity index (χ2n) is 2.92. The molecule has 2 aromatic rings. The molecule has 1 aromatic carbocycles. The molecule has 1 heterocycles. The van der Waals surface area contributed by atoms with Gasteiger partial charge < -0.3 is 4.52 Å². The summed E-state index contributed by atoms with van der Waals surface area (Å²) in [5, 5.41) is 5.09. The molecule has 4 heteroatoms. The minimum atomic E-state index is 0.617. The summed E-state index contributed by atoms with van der Waals surface area (Å²) in [6, 6.07) is 5.39. The number of halogens is 2. The molecule has 0 amide bonds. The molecule has 2 nitrogen and oxygen atoms in total. The molecule has 1 aromatic heterocycles. The molecule has 14 heavy (non-hydrogen) atoms. The number of rotatable bonds is 1. The van der Waals surface area contributed by atoms with Crippen LogP contribution in [0.2, 0.25) is 10.0 Å². The highest BCUT2D eigenvalue weighted by molar-refractivity contribution is 6.37. The number of benzene rings is 1. The van der Waals surface area contributed by atoms with Crippen LogP contribution in [0.15, 0.2) is 29.0 Å². The molecule has 0 aliphatic heterocycles. The molecule has 0 saturated heterocycles. The van der Waals surface area contributed by atoms with Crippen LogP contribution in [-0.2, 0) is 0 Å². The van der Waals surface area contributed by atoms with Crippen molar-refractivity contribution in [3.8, 4) is 11.3 Å². The first-order valence-corrected chi connectivity index (χ1v) is 4.81. The van der Waals surface area contributed by atoms with Crippen LogP contribution in [0.25, 0.3) is 11.3 Å². The van der Waals surface area contributed by atoms with Crippen molar-refractivity contribution in [3.05, 3.63) is 40.1 Å². The van der Waals surface area contributed by atoms with Crippen LogP contribution in [0, 0.1) is 6.92 Å². The third kappa shape index (κ3) is 1.51. The van der Waals surface area contributed by atoms with Crippen LogP contribution < -0.4 is 0 Å². The van der Waals surface area contributed by atoms with Crippen molar-refractivity contribution in [3.63, 3.8) is 0 Å². The first-order chi connectivity index (χ1) is 6.70. The minimum absolute atomic E-state index is 0.617. The summed E-state index contributed by atoms with van der Waals surface area (Å²) in [5.74, 6) is 0. The summed E-state index contributed by atoms with van der Waals surface area (Å²) in [4.78, 5) is 0. The van der Waals surface area contributed by atoms with Crippen molar-refractivity contribution in [1.29, 1.82) is 0 Å². The van der Waals surface area contributed by atoms with E-state index in [4.69, 9.17) is 27.7 Å². The Morgan fingerprint density at radius 1 is 1.21 bits per heavy atom. The summed E-state index contributed by atoms with van der Waals surface area (Å²) in [6.45, 7) is 1.87. The third-order valence-electron chi connectivity index (χ3n) is 2.03. The zero-order chi connectivity index (χ0) is 10.1. The predicted molar refractivity (Wildman–Crippen MR) is 56.7 cm³/mol. The van der Waals surface area contributed by atoms with Gasteiger partial charge in [0.2, 0.25) is 0 Å². The van der Waals surface area contributed by atoms with Crippen LogP contribution >= 0.6 is 23.2 Å². The molecule has 0 unspecified atom stereocenters. The molecule has 2 rings (SSSR count). The van der Waals surface area contributed by atoms with E-state index >= 15 is 0 Å². The van der Waals surface area contributed by atoms with Crippen LogP contribution in [0.5, 0.6) is 0 Å². The van der Waals surface area contributed by atoms with Crippen LogP contribution in [0.4, 0.5) is 0 Å². The van der Waals surface area contributed by atoms with E-state index in [1.807, 2.05) is 13.0 Å². The summed E-state index contributed by atoms with van der Waals surface area (Å²) in [6.07, 6.45) is 1.51. The van der Waals surface area contributed by atoms with Crippen molar-refractivity contribution in [2.45, 2.75) is 6.92 Å². The smallest absolute Gasteiger partial charge is 0.124 e. The van der Waals surface area contributed by atoms with Gasteiger partial charge in [0.05, 0.1) is 5.02 Å². The molecule has 0 bridgehead atoms. The van der Waals surface area contributed by atoms with Crippen molar-refractivity contribution >= 4 is 23.2 Å². The summed E-state index contributed by atoms with van der Waals surface area (Å²) in [5.41, 5.74) is 2.41. The fourth-order valence-electron chi connectivity index (χ4n) is 1.21. The van der Waals surface area contributed by atoms with Gasteiger partial charge in [0, 0.05) is 16.7 Å². The molecule has 0 fully saturated rings. The Kier molecular flexibility index (Phi) is 2.48. The monoisotopic (exact) mass is 227 g/mol. The fourth-order valence-corrected chi connectivity index (χ4v) is 1.68. The molecule has 0 aliphatic carbocycles. The Labute approximate surface area is 91.4 Å². The molecule has 0 spiro atoms. The van der Waals surface area contributed by atoms with Crippen molar-refractivity contribution in [1.82, 2.24) is 5.16 Å². The van der Waals surface area contributed by atoms with E-state index < -0.39 is 0 Å². The van der Waals surface area contributed by atoms with Crippen LogP contribution in [-0.4, -0.2) is 5.16 Å². The van der Waals surface area contributed by atoms with Gasteiger partial charge in [-0.05, 0) is 24.6 Å². The van der Waals surface area contributed by atoms with E-state index in [0.717, 1.165) is 16.8 Å². The fraction of sp³-hybridized carbons (Fsp3) is 0.100. The third-order valence-corrected chi connectivity index (χ3v) is 2.93. The van der Waals surface area contributed by atoms with Gasteiger partial charge >= 0.3 is 0 Å². The minimum Gasteiger partial charge on any atom is -0.364 e. The van der Waals surface area contributed by atoms with Gasteiger partial charge in [0.1, 0.15) is 12.0 Å². The highest BCUT2D eigenvalue weighted by atomic mass is 35.5. The maximum Gasteiger partial charge on any atom is 0.124 e. The Morgan fingerprint density at radius 2 is 2.00 bits per heavy atom. The number of nitrogens with zero attached hydrogens (tertiary/aromatic N) is 1. The summed E-state index contributed by atoms with van der Waals surface area (Å²) < 4.78 is 4.75. The van der Waals surface area contributed by atoms with Gasteiger partial charge in [-0.2, -0.15) is 0 Å². The van der Waals surface area contributed by atoms with Crippen molar-refractivity contribution in [2.24, 2.45) is 0 Å². The van der Waals surface area contributed by atoms with Gasteiger partial charge in [-0.1, -0.05) is 28.4 Å². The van der Waals surface area contributed by atoms with E-state index in [9.17, 15) is 0 Å². The highest BCUT2D eigenvalue weighted by Crippen LogP contribution is 2.33. The molecule has 0 atom stereocenters. The standard InChI is InChI=1S/C10H7Cl2NO/c1-6-8(11)3-2-7(10(6)12)9-4-5-14-13-9/h2-5H,1H3. The highest BCUT2D eigenvalue weighted by Gasteiger charge is 2.10. The second-order valence-corrected chi connectivity index (χ2v) is 3.70. The SMILES string of the molecule is Cc1c(Cl)ccc(-c2ccon2)c1Cl. The Bertz CT molecular complexity index is 451. The first kappa shape index (κ1) is 9.56. The lowest BCUT2D eigenvalue weighted by Gasteiger charge is -2.04. The van der Waals surface area contributed by atoms with Gasteiger partial charge in [-0.15, -0.1) is 0 Å². The normalized spacial score (nSPS) is 10.5. The molecule has 0 aliphatic rings. The Balaban J connectivity index is 2.61. The molecule has 72 valence electrons. The molecular weight excluding hydrogens is 221 g/mol. The lowest BCUT2D eigenvalue weighted by Crippen LogP contribution is -1.84. The zero-order valence-electron chi connectivity index (χ0n) is 7.42. The van der Waals surface area contributed by atoms with E-state index in [0.29, 0.717) is 10.0 Å². The van der Waals surface area contributed by atoms with Crippen LogP contribution in [0.1, 0.15) is 5.56 Å². The number of aromatic nitrogens is 1. The quantitative estimate of drug-likeness (QED) is 0.738. The van der Waals surface area contributed by atoms with Gasteiger partial charge in [-0.3, -0.25) is 0 Å². The van der Waals surface area contributed by atoms with Gasteiger partial charge in [0.25, 0.3) is 0 Å². The lowest BCUT2D eigenvalue weighted by molar-refractivity contribution is 0.422. The summed E-state index contributed by atoms with van der Waals surface area (Å²) in [7, 11) is 0. The van der Waals surface area contributed by atoms with Crippen LogP contribution in [0.3, 0.4) is 0 Å². The van der Waals surface area contributed by atoms with E-state index in [1.54, 1.807) is 12.1 Å². The zero-order valence-corrected chi connectivity index (χ0v) is 8.93. The summed E-state index contributed by atoms with van der Waals surface area (Å²) >= 11 is 12.0. The van der Waals surface area contributed by atoms with Gasteiger partial charge in [0.15, 0.2) is 0 Å².